The summed E-state index contributed by atoms with van der Waals surface area (Å²) in [7, 11) is 3.07. The van der Waals surface area contributed by atoms with Crippen molar-refractivity contribution in [3.63, 3.8) is 0 Å². The number of fused-ring (bicyclic) bond motifs is 2. The van der Waals surface area contributed by atoms with Crippen LogP contribution in [0.2, 0.25) is 0 Å². The Hall–Kier alpha value is -3.28. The zero-order valence-electron chi connectivity index (χ0n) is 18.4. The molecule has 0 radical (unpaired) electrons. The maximum atomic E-state index is 13.5. The standard InChI is InChI=1S/C25H28N2O4/c1-5-15(2)27-14-20(18-12-22(30-3)23(31-4)13-19(18)25(27)29)24(28)26-21-11-10-16-8-6-7-9-17(16)21/h6-9,12-15,21H,5,10-11H2,1-4H3,(H,26,28). The molecule has 3 aromatic rings. The molecule has 0 saturated carbocycles. The average Bonchev–Trinajstić information content (AvgIpc) is 3.20. The molecule has 1 aliphatic carbocycles. The molecule has 0 bridgehead atoms. The topological polar surface area (TPSA) is 69.6 Å². The van der Waals surface area contributed by atoms with Crippen LogP contribution in [-0.4, -0.2) is 24.7 Å². The lowest BCUT2D eigenvalue weighted by molar-refractivity contribution is 0.0937. The summed E-state index contributed by atoms with van der Waals surface area (Å²) in [4.78, 5) is 26.7. The molecule has 1 heterocycles. The van der Waals surface area contributed by atoms with Crippen LogP contribution in [-0.2, 0) is 6.42 Å². The quantitative estimate of drug-likeness (QED) is 0.641. The van der Waals surface area contributed by atoms with Crippen molar-refractivity contribution in [2.45, 2.75) is 45.2 Å². The Labute approximate surface area is 181 Å². The van der Waals surface area contributed by atoms with Gasteiger partial charge in [-0.15, -0.1) is 0 Å². The van der Waals surface area contributed by atoms with Gasteiger partial charge >= 0.3 is 0 Å². The van der Waals surface area contributed by atoms with Gasteiger partial charge < -0.3 is 19.4 Å². The highest BCUT2D eigenvalue weighted by Gasteiger charge is 2.26. The minimum atomic E-state index is -0.198. The predicted octanol–water partition coefficient (Wildman–Crippen LogP) is 4.41. The number of aryl methyl sites for hydroxylation is 1. The highest BCUT2D eigenvalue weighted by atomic mass is 16.5. The third kappa shape index (κ3) is 3.67. The molecular weight excluding hydrogens is 392 g/mol. The van der Waals surface area contributed by atoms with E-state index in [0.717, 1.165) is 24.8 Å². The van der Waals surface area contributed by atoms with Crippen molar-refractivity contribution in [1.29, 1.82) is 0 Å². The first-order chi connectivity index (χ1) is 15.0. The van der Waals surface area contributed by atoms with E-state index in [1.807, 2.05) is 26.0 Å². The number of nitrogens with zero attached hydrogens (tertiary/aromatic N) is 1. The molecule has 162 valence electrons. The van der Waals surface area contributed by atoms with E-state index in [0.29, 0.717) is 27.8 Å². The van der Waals surface area contributed by atoms with Gasteiger partial charge in [-0.1, -0.05) is 31.2 Å². The van der Waals surface area contributed by atoms with Crippen molar-refractivity contribution in [1.82, 2.24) is 9.88 Å². The second-order valence-corrected chi connectivity index (χ2v) is 8.03. The number of hydrogen-bond acceptors (Lipinski definition) is 4. The third-order valence-corrected chi connectivity index (χ3v) is 6.30. The lowest BCUT2D eigenvalue weighted by Gasteiger charge is -2.20. The highest BCUT2D eigenvalue weighted by Crippen LogP contribution is 2.34. The first kappa shape index (κ1) is 21.0. The van der Waals surface area contributed by atoms with Crippen LogP contribution in [0.25, 0.3) is 10.8 Å². The molecule has 0 fully saturated rings. The molecule has 1 N–H and O–H groups in total. The lowest BCUT2D eigenvalue weighted by Crippen LogP contribution is -2.30. The van der Waals surface area contributed by atoms with E-state index >= 15 is 0 Å². The molecule has 0 saturated heterocycles. The monoisotopic (exact) mass is 420 g/mol. The number of ether oxygens (including phenoxy) is 2. The summed E-state index contributed by atoms with van der Waals surface area (Å²) in [6.45, 7) is 3.99. The maximum absolute atomic E-state index is 13.5. The number of carbonyl (C=O) groups excluding carboxylic acids is 1. The fourth-order valence-corrected chi connectivity index (χ4v) is 4.33. The molecule has 4 rings (SSSR count). The Morgan fingerprint density at radius 2 is 1.84 bits per heavy atom. The van der Waals surface area contributed by atoms with Crippen molar-refractivity contribution < 1.29 is 14.3 Å². The second kappa shape index (κ2) is 8.46. The molecule has 31 heavy (non-hydrogen) atoms. The Balaban J connectivity index is 1.84. The van der Waals surface area contributed by atoms with Crippen molar-refractivity contribution in [3.05, 3.63) is 69.6 Å². The van der Waals surface area contributed by atoms with E-state index in [4.69, 9.17) is 9.47 Å². The Morgan fingerprint density at radius 3 is 2.52 bits per heavy atom. The summed E-state index contributed by atoms with van der Waals surface area (Å²) in [6.07, 6.45) is 4.27. The van der Waals surface area contributed by atoms with Gasteiger partial charge in [0.2, 0.25) is 0 Å². The van der Waals surface area contributed by atoms with Gasteiger partial charge in [0.1, 0.15) is 0 Å². The molecule has 1 aliphatic rings. The summed E-state index contributed by atoms with van der Waals surface area (Å²) >= 11 is 0. The van der Waals surface area contributed by atoms with E-state index < -0.39 is 0 Å². The van der Waals surface area contributed by atoms with Crippen LogP contribution in [0, 0.1) is 0 Å². The first-order valence-corrected chi connectivity index (χ1v) is 10.7. The van der Waals surface area contributed by atoms with Crippen LogP contribution >= 0.6 is 0 Å². The Bertz CT molecular complexity index is 1200. The molecular formula is C25H28N2O4. The predicted molar refractivity (Wildman–Crippen MR) is 121 cm³/mol. The maximum Gasteiger partial charge on any atom is 0.258 e. The van der Waals surface area contributed by atoms with Gasteiger partial charge in [-0.25, -0.2) is 0 Å². The van der Waals surface area contributed by atoms with Crippen LogP contribution in [0.5, 0.6) is 11.5 Å². The number of carbonyl (C=O) groups is 1. The third-order valence-electron chi connectivity index (χ3n) is 6.30. The van der Waals surface area contributed by atoms with Crippen LogP contribution in [0.1, 0.15) is 60.3 Å². The van der Waals surface area contributed by atoms with E-state index in [-0.39, 0.29) is 23.6 Å². The Morgan fingerprint density at radius 1 is 1.16 bits per heavy atom. The van der Waals surface area contributed by atoms with Crippen molar-refractivity contribution in [2.24, 2.45) is 0 Å². The molecule has 0 aliphatic heterocycles. The number of hydrogen-bond donors (Lipinski definition) is 1. The SMILES string of the molecule is CCC(C)n1cc(C(=O)NC2CCc3ccccc32)c2cc(OC)c(OC)cc2c1=O. The van der Waals surface area contributed by atoms with Gasteiger partial charge in [-0.3, -0.25) is 9.59 Å². The van der Waals surface area contributed by atoms with Crippen molar-refractivity contribution >= 4 is 16.7 Å². The smallest absolute Gasteiger partial charge is 0.258 e. The Kier molecular flexibility index (Phi) is 5.72. The largest absolute Gasteiger partial charge is 0.493 e. The number of pyridine rings is 1. The van der Waals surface area contributed by atoms with Gasteiger partial charge in [0.15, 0.2) is 11.5 Å². The van der Waals surface area contributed by atoms with Gasteiger partial charge in [-0.05, 0) is 49.4 Å². The van der Waals surface area contributed by atoms with Crippen LogP contribution in [0.3, 0.4) is 0 Å². The zero-order chi connectivity index (χ0) is 22.1. The molecule has 1 aromatic heterocycles. The fraction of sp³-hybridized carbons (Fsp3) is 0.360. The van der Waals surface area contributed by atoms with Crippen molar-refractivity contribution in [2.75, 3.05) is 14.2 Å². The van der Waals surface area contributed by atoms with Crippen LogP contribution in [0.15, 0.2) is 47.4 Å². The number of nitrogens with one attached hydrogen (secondary N) is 1. The van der Waals surface area contributed by atoms with E-state index in [1.54, 1.807) is 30.0 Å². The number of benzene rings is 2. The van der Waals surface area contributed by atoms with Gasteiger partial charge in [-0.2, -0.15) is 0 Å². The van der Waals surface area contributed by atoms with Gasteiger partial charge in [0.05, 0.1) is 31.2 Å². The number of methoxy groups -OCH3 is 2. The molecule has 2 atom stereocenters. The summed E-state index contributed by atoms with van der Waals surface area (Å²) in [5, 5.41) is 4.19. The van der Waals surface area contributed by atoms with Crippen molar-refractivity contribution in [3.8, 4) is 11.5 Å². The zero-order valence-corrected chi connectivity index (χ0v) is 18.4. The fourth-order valence-electron chi connectivity index (χ4n) is 4.33. The molecule has 6 nitrogen and oxygen atoms in total. The highest BCUT2D eigenvalue weighted by molar-refractivity contribution is 6.07. The van der Waals surface area contributed by atoms with Gasteiger partial charge in [0.25, 0.3) is 11.5 Å². The second-order valence-electron chi connectivity index (χ2n) is 8.03. The normalized spacial score (nSPS) is 16.1. The van der Waals surface area contributed by atoms with Crippen LogP contribution < -0.4 is 20.3 Å². The summed E-state index contributed by atoms with van der Waals surface area (Å²) < 4.78 is 12.5. The number of aromatic nitrogens is 1. The minimum Gasteiger partial charge on any atom is -0.493 e. The first-order valence-electron chi connectivity index (χ1n) is 10.7. The summed E-state index contributed by atoms with van der Waals surface area (Å²) in [5.41, 5.74) is 2.75. The molecule has 1 amide bonds. The lowest BCUT2D eigenvalue weighted by atomic mass is 10.0. The average molecular weight is 421 g/mol. The molecule has 2 aromatic carbocycles. The molecule has 2 unspecified atom stereocenters. The van der Waals surface area contributed by atoms with E-state index in [2.05, 4.69) is 17.4 Å². The van der Waals surface area contributed by atoms with Gasteiger partial charge in [0, 0.05) is 17.6 Å². The van der Waals surface area contributed by atoms with E-state index in [1.165, 1.54) is 12.7 Å². The van der Waals surface area contributed by atoms with E-state index in [9.17, 15) is 9.59 Å². The summed E-state index contributed by atoms with van der Waals surface area (Å²) in [5.74, 6) is 0.747. The number of amides is 1. The minimum absolute atomic E-state index is 0.0382. The summed E-state index contributed by atoms with van der Waals surface area (Å²) in [6, 6.07) is 11.5. The molecule has 0 spiro atoms. The number of rotatable bonds is 6. The van der Waals surface area contributed by atoms with Crippen LogP contribution in [0.4, 0.5) is 0 Å². The molecule has 6 heteroatoms.